The van der Waals surface area contributed by atoms with Crippen LogP contribution in [0.2, 0.25) is 5.02 Å². The minimum absolute atomic E-state index is 0.0668. The van der Waals surface area contributed by atoms with E-state index in [1.807, 2.05) is 48.7 Å². The van der Waals surface area contributed by atoms with Crippen LogP contribution in [0, 0.1) is 11.8 Å². The SMILES string of the molecule is COc1ncncc1-c1cccc(CC(=O)NCCCOc2ccc3c(c2)C2(CCC(Nc4cccc(Cl)c4)(C(=O)O)CC2)C(C[C@@H](C)COc2ccnc4c2[C@H](C)CCC4)C3)c1. The van der Waals surface area contributed by atoms with Crippen molar-refractivity contribution in [1.82, 2.24) is 20.3 Å². The molecule has 8 rings (SSSR count). The van der Waals surface area contributed by atoms with Crippen molar-refractivity contribution in [2.24, 2.45) is 11.8 Å². The smallest absolute Gasteiger partial charge is 0.329 e. The van der Waals surface area contributed by atoms with Crippen LogP contribution in [0.3, 0.4) is 0 Å². The van der Waals surface area contributed by atoms with Gasteiger partial charge in [0.1, 0.15) is 23.4 Å². The summed E-state index contributed by atoms with van der Waals surface area (Å²) in [4.78, 5) is 39.1. The molecular formula is C51H58ClN5O6. The molecular weight excluding hydrogens is 814 g/mol. The number of amides is 1. The van der Waals surface area contributed by atoms with Crippen LogP contribution in [0.4, 0.5) is 5.69 Å². The highest BCUT2D eigenvalue weighted by molar-refractivity contribution is 6.30. The number of carbonyl (C=O) groups excluding carboxylic acids is 1. The summed E-state index contributed by atoms with van der Waals surface area (Å²) in [6.07, 6.45) is 13.5. The van der Waals surface area contributed by atoms with Gasteiger partial charge >= 0.3 is 5.97 Å². The molecule has 3 aromatic carbocycles. The highest BCUT2D eigenvalue weighted by Crippen LogP contribution is 2.57. The van der Waals surface area contributed by atoms with Crippen LogP contribution in [0.25, 0.3) is 11.1 Å². The van der Waals surface area contributed by atoms with Crippen molar-refractivity contribution in [1.29, 1.82) is 0 Å². The van der Waals surface area contributed by atoms with E-state index in [9.17, 15) is 14.7 Å². The summed E-state index contributed by atoms with van der Waals surface area (Å²) in [5.74, 6) is 2.34. The van der Waals surface area contributed by atoms with Gasteiger partial charge in [0.15, 0.2) is 0 Å². The van der Waals surface area contributed by atoms with Crippen molar-refractivity contribution < 1.29 is 28.9 Å². The fourth-order valence-corrected chi connectivity index (χ4v) is 10.6. The number of nitrogens with one attached hydrogen (secondary N) is 2. The third kappa shape index (κ3) is 9.78. The molecule has 1 spiro atoms. The van der Waals surface area contributed by atoms with Crippen LogP contribution >= 0.6 is 11.6 Å². The quantitative estimate of drug-likeness (QED) is 0.0773. The number of nitrogens with zero attached hydrogens (tertiary/aromatic N) is 3. The summed E-state index contributed by atoms with van der Waals surface area (Å²) >= 11 is 6.32. The average Bonchev–Trinajstić information content (AvgIpc) is 3.57. The Hall–Kier alpha value is -5.68. The van der Waals surface area contributed by atoms with E-state index in [2.05, 4.69) is 57.6 Å². The number of aromatic nitrogens is 3. The van der Waals surface area contributed by atoms with E-state index in [4.69, 9.17) is 25.8 Å². The minimum Gasteiger partial charge on any atom is -0.494 e. The number of carboxylic acids is 1. The summed E-state index contributed by atoms with van der Waals surface area (Å²) < 4.78 is 18.4. The van der Waals surface area contributed by atoms with Crippen LogP contribution in [0.5, 0.6) is 17.4 Å². The van der Waals surface area contributed by atoms with Crippen LogP contribution in [-0.4, -0.2) is 64.3 Å². The lowest BCUT2D eigenvalue weighted by Crippen LogP contribution is -2.53. The fourth-order valence-electron chi connectivity index (χ4n) is 10.4. The Balaban J connectivity index is 0.924. The Morgan fingerprint density at radius 1 is 1.00 bits per heavy atom. The van der Waals surface area contributed by atoms with Crippen molar-refractivity contribution in [3.63, 3.8) is 0 Å². The standard InChI is InChI=1S/C51H58ClN5O6/c1-33(31-63-45-16-22-54-44-13-4-8-34(2)47(44)45)24-38-27-37-14-15-41(29-43(37)50(38)17-19-51(20-18-50,49(59)60)57-40-12-6-11-39(52)28-40)62-23-7-21-55-46(58)26-35-9-5-10-36(25-35)42-30-53-32-56-48(42)61-3/h5-6,9-12,14-16,22,25,28-30,32-34,38,57H,4,7-8,13,17-21,23-24,26-27,31H2,1-3H3,(H,55,58)(H,59,60)/t33-,34-,38?,50?,51?/m1/s1. The van der Waals surface area contributed by atoms with Gasteiger partial charge in [-0.3, -0.25) is 9.78 Å². The van der Waals surface area contributed by atoms with E-state index in [0.29, 0.717) is 67.4 Å². The van der Waals surface area contributed by atoms with Gasteiger partial charge in [0.2, 0.25) is 11.8 Å². The molecule has 2 heterocycles. The number of anilines is 1. The molecule has 5 aromatic rings. The average molecular weight is 873 g/mol. The Bertz CT molecular complexity index is 2420. The van der Waals surface area contributed by atoms with Crippen molar-refractivity contribution in [3.05, 3.63) is 124 Å². The maximum atomic E-state index is 13.1. The van der Waals surface area contributed by atoms with Gasteiger partial charge in [-0.05, 0) is 146 Å². The monoisotopic (exact) mass is 871 g/mol. The first-order valence-electron chi connectivity index (χ1n) is 22.4. The lowest BCUT2D eigenvalue weighted by atomic mass is 9.59. The van der Waals surface area contributed by atoms with Crippen molar-refractivity contribution in [3.8, 4) is 28.5 Å². The fraction of sp³-hybridized carbons (Fsp3) is 0.431. The molecule has 0 radical (unpaired) electrons. The minimum atomic E-state index is -1.11. The first-order chi connectivity index (χ1) is 30.6. The van der Waals surface area contributed by atoms with Gasteiger partial charge in [-0.25, -0.2) is 14.8 Å². The van der Waals surface area contributed by atoms with Crippen molar-refractivity contribution in [2.75, 3.05) is 32.2 Å². The number of pyridine rings is 1. The molecule has 1 unspecified atom stereocenters. The van der Waals surface area contributed by atoms with E-state index in [-0.39, 0.29) is 23.7 Å². The van der Waals surface area contributed by atoms with Gasteiger partial charge < -0.3 is 30.0 Å². The van der Waals surface area contributed by atoms with Gasteiger partial charge in [0.25, 0.3) is 0 Å². The zero-order valence-corrected chi connectivity index (χ0v) is 37.3. The number of carboxylic acid groups (broad SMARTS) is 1. The Kier molecular flexibility index (Phi) is 13.5. The van der Waals surface area contributed by atoms with Gasteiger partial charge in [-0.2, -0.15) is 0 Å². The highest BCUT2D eigenvalue weighted by Gasteiger charge is 2.54. The number of benzene rings is 3. The Morgan fingerprint density at radius 3 is 2.65 bits per heavy atom. The molecule has 1 amide bonds. The molecule has 3 aliphatic carbocycles. The topological polar surface area (TPSA) is 145 Å². The van der Waals surface area contributed by atoms with Crippen LogP contribution < -0.4 is 24.8 Å². The Morgan fingerprint density at radius 2 is 1.84 bits per heavy atom. The van der Waals surface area contributed by atoms with Crippen LogP contribution in [0.1, 0.15) is 99.1 Å². The lowest BCUT2D eigenvalue weighted by molar-refractivity contribution is -0.144. The number of methoxy groups -OCH3 is 1. The van der Waals surface area contributed by atoms with E-state index < -0.39 is 11.5 Å². The highest BCUT2D eigenvalue weighted by atomic mass is 35.5. The molecule has 3 atom stereocenters. The molecule has 0 saturated heterocycles. The summed E-state index contributed by atoms with van der Waals surface area (Å²) in [6, 6.07) is 23.6. The second-order valence-corrected chi connectivity index (χ2v) is 18.3. The molecule has 3 aliphatic rings. The molecule has 0 bridgehead atoms. The number of aliphatic carboxylic acids is 1. The number of fused-ring (bicyclic) bond motifs is 3. The number of halogens is 1. The summed E-state index contributed by atoms with van der Waals surface area (Å²) in [7, 11) is 1.57. The summed E-state index contributed by atoms with van der Waals surface area (Å²) in [6.45, 7) is 6.08. The van der Waals surface area contributed by atoms with Crippen LogP contribution in [0.15, 0.2) is 91.5 Å². The van der Waals surface area contributed by atoms with Crippen LogP contribution in [-0.2, 0) is 34.3 Å². The van der Waals surface area contributed by atoms with E-state index in [1.165, 1.54) is 28.7 Å². The maximum Gasteiger partial charge on any atom is 0.329 e. The lowest BCUT2D eigenvalue weighted by Gasteiger charge is -2.47. The molecule has 3 N–H and O–H groups in total. The summed E-state index contributed by atoms with van der Waals surface area (Å²) in [5.41, 5.74) is 6.92. The van der Waals surface area contributed by atoms with E-state index in [1.54, 1.807) is 25.4 Å². The number of hydrogen-bond acceptors (Lipinski definition) is 9. The van der Waals surface area contributed by atoms with E-state index >= 15 is 0 Å². The van der Waals surface area contributed by atoms with Crippen molar-refractivity contribution in [2.45, 2.75) is 101 Å². The van der Waals surface area contributed by atoms with Gasteiger partial charge in [0.05, 0.1) is 32.3 Å². The first kappa shape index (κ1) is 43.9. The largest absolute Gasteiger partial charge is 0.494 e. The summed E-state index contributed by atoms with van der Waals surface area (Å²) in [5, 5.41) is 17.7. The zero-order valence-electron chi connectivity index (χ0n) is 36.5. The Labute approximate surface area is 375 Å². The number of rotatable bonds is 17. The third-order valence-corrected chi connectivity index (χ3v) is 13.9. The molecule has 11 nitrogen and oxygen atoms in total. The number of carbonyl (C=O) groups is 2. The third-order valence-electron chi connectivity index (χ3n) is 13.6. The molecule has 330 valence electrons. The molecule has 2 aromatic heterocycles. The molecule has 1 saturated carbocycles. The molecule has 12 heteroatoms. The predicted molar refractivity (Wildman–Crippen MR) is 245 cm³/mol. The van der Waals surface area contributed by atoms with Gasteiger partial charge in [0, 0.05) is 40.9 Å². The maximum absolute atomic E-state index is 13.1. The first-order valence-corrected chi connectivity index (χ1v) is 22.8. The predicted octanol–water partition coefficient (Wildman–Crippen LogP) is 9.79. The molecule has 63 heavy (non-hydrogen) atoms. The van der Waals surface area contributed by atoms with E-state index in [0.717, 1.165) is 73.1 Å². The second-order valence-electron chi connectivity index (χ2n) is 17.9. The molecule has 1 fully saturated rings. The van der Waals surface area contributed by atoms with Crippen molar-refractivity contribution >= 4 is 29.2 Å². The molecule has 0 aliphatic heterocycles. The number of aryl methyl sites for hydroxylation is 1. The number of hydrogen-bond donors (Lipinski definition) is 3. The zero-order chi connectivity index (χ0) is 44.0. The number of ether oxygens (including phenoxy) is 3. The second kappa shape index (κ2) is 19.4. The van der Waals surface area contributed by atoms with Gasteiger partial charge in [-0.1, -0.05) is 61.8 Å². The normalized spacial score (nSPS) is 21.8. The van der Waals surface area contributed by atoms with Gasteiger partial charge in [-0.15, -0.1) is 0 Å².